The van der Waals surface area contributed by atoms with Crippen LogP contribution in [0.15, 0.2) is 40.9 Å². The summed E-state index contributed by atoms with van der Waals surface area (Å²) in [5.41, 5.74) is -2.23. The largest absolute Gasteiger partial charge is 0.433 e. The zero-order valence-electron chi connectivity index (χ0n) is 16.1. The van der Waals surface area contributed by atoms with E-state index in [1.54, 1.807) is 13.0 Å². The van der Waals surface area contributed by atoms with E-state index in [4.69, 9.17) is 9.78 Å². The Bertz CT molecular complexity index is 1360. The number of benzene rings is 1. The normalized spacial score (nSPS) is 12.3. The molecule has 4 rings (SSSR count). The molecule has 0 saturated carbocycles. The first-order valence-electron chi connectivity index (χ1n) is 8.96. The molecular formula is C20H11F6N5O. The predicted molar refractivity (Wildman–Crippen MR) is 98.0 cm³/mol. The van der Waals surface area contributed by atoms with E-state index >= 15 is 0 Å². The third-order valence-corrected chi connectivity index (χ3v) is 4.72. The molecule has 12 heteroatoms. The summed E-state index contributed by atoms with van der Waals surface area (Å²) in [6, 6.07) is 8.52. The molecule has 0 aliphatic rings. The van der Waals surface area contributed by atoms with Crippen molar-refractivity contribution < 1.29 is 30.9 Å². The molecule has 0 saturated heterocycles. The van der Waals surface area contributed by atoms with Crippen molar-refractivity contribution in [2.24, 2.45) is 0 Å². The summed E-state index contributed by atoms with van der Waals surface area (Å²) in [7, 11) is 0. The fraction of sp³-hybridized carbons (Fsp3) is 0.200. The van der Waals surface area contributed by atoms with Crippen molar-refractivity contribution in [1.29, 1.82) is 5.26 Å². The van der Waals surface area contributed by atoms with Crippen LogP contribution in [0.4, 0.5) is 26.3 Å². The molecule has 0 amide bonds. The summed E-state index contributed by atoms with van der Waals surface area (Å²) < 4.78 is 85.8. The van der Waals surface area contributed by atoms with Crippen LogP contribution >= 0.6 is 0 Å². The molecule has 0 atom stereocenters. The zero-order chi connectivity index (χ0) is 23.3. The fourth-order valence-corrected chi connectivity index (χ4v) is 3.35. The van der Waals surface area contributed by atoms with Gasteiger partial charge in [0, 0.05) is 16.6 Å². The lowest BCUT2D eigenvalue weighted by molar-refractivity contribution is -0.141. The Morgan fingerprint density at radius 1 is 1.03 bits per heavy atom. The van der Waals surface area contributed by atoms with Crippen LogP contribution in [0.5, 0.6) is 0 Å². The lowest BCUT2D eigenvalue weighted by atomic mass is 10.0. The molecule has 6 nitrogen and oxygen atoms in total. The standard InChI is InChI=1S/C20H11F6N5O/c1-10-7-12-14(6-5-11(8-27)17(12)20(24,25)26)31(10)9-16-29-18(32-30-16)13-3-2-4-15(28-13)19(21,22)23/h2-7H,9H2,1H3. The molecule has 0 bridgehead atoms. The van der Waals surface area contributed by atoms with Gasteiger partial charge in [0.15, 0.2) is 5.82 Å². The van der Waals surface area contributed by atoms with Crippen LogP contribution in [-0.4, -0.2) is 19.7 Å². The number of rotatable bonds is 3. The average molecular weight is 451 g/mol. The third-order valence-electron chi connectivity index (χ3n) is 4.72. The Hall–Kier alpha value is -3.88. The maximum Gasteiger partial charge on any atom is 0.433 e. The molecular weight excluding hydrogens is 440 g/mol. The summed E-state index contributed by atoms with van der Waals surface area (Å²) in [4.78, 5) is 7.49. The highest BCUT2D eigenvalue weighted by Crippen LogP contribution is 2.38. The summed E-state index contributed by atoms with van der Waals surface area (Å²) in [5.74, 6) is -0.235. The van der Waals surface area contributed by atoms with Crippen molar-refractivity contribution in [3.8, 4) is 17.7 Å². The van der Waals surface area contributed by atoms with Gasteiger partial charge in [-0.2, -0.15) is 36.6 Å². The Balaban J connectivity index is 1.73. The first-order chi connectivity index (χ1) is 15.0. The molecule has 4 aromatic rings. The van der Waals surface area contributed by atoms with Gasteiger partial charge in [0.25, 0.3) is 5.89 Å². The Morgan fingerprint density at radius 2 is 1.78 bits per heavy atom. The number of aromatic nitrogens is 4. The summed E-state index contributed by atoms with van der Waals surface area (Å²) in [5, 5.41) is 12.6. The number of nitriles is 1. The fourth-order valence-electron chi connectivity index (χ4n) is 3.35. The van der Waals surface area contributed by atoms with Crippen LogP contribution in [0.2, 0.25) is 0 Å². The van der Waals surface area contributed by atoms with Crippen molar-refractivity contribution in [2.45, 2.75) is 25.8 Å². The molecule has 0 unspecified atom stereocenters. The van der Waals surface area contributed by atoms with Crippen LogP contribution < -0.4 is 0 Å². The highest BCUT2D eigenvalue weighted by molar-refractivity contribution is 5.87. The summed E-state index contributed by atoms with van der Waals surface area (Å²) >= 11 is 0. The van der Waals surface area contributed by atoms with Crippen molar-refractivity contribution in [3.63, 3.8) is 0 Å². The molecule has 0 N–H and O–H groups in total. The number of aryl methyl sites for hydroxylation is 1. The van der Waals surface area contributed by atoms with E-state index in [1.807, 2.05) is 0 Å². The minimum atomic E-state index is -4.74. The number of alkyl halides is 6. The monoisotopic (exact) mass is 451 g/mol. The molecule has 0 fully saturated rings. The van der Waals surface area contributed by atoms with Crippen molar-refractivity contribution in [2.75, 3.05) is 0 Å². The highest BCUT2D eigenvalue weighted by atomic mass is 19.4. The van der Waals surface area contributed by atoms with Gasteiger partial charge in [0.1, 0.15) is 11.4 Å². The molecule has 0 aliphatic heterocycles. The predicted octanol–water partition coefficient (Wildman–Crippen LogP) is 5.35. The van der Waals surface area contributed by atoms with E-state index < -0.39 is 29.2 Å². The summed E-state index contributed by atoms with van der Waals surface area (Å²) in [6.07, 6.45) is -9.39. The Morgan fingerprint density at radius 3 is 2.44 bits per heavy atom. The summed E-state index contributed by atoms with van der Waals surface area (Å²) in [6.45, 7) is 1.46. The average Bonchev–Trinajstić information content (AvgIpc) is 3.31. The van der Waals surface area contributed by atoms with Crippen LogP contribution in [0, 0.1) is 18.3 Å². The quantitative estimate of drug-likeness (QED) is 0.392. The first kappa shape index (κ1) is 21.4. The maximum absolute atomic E-state index is 13.6. The maximum atomic E-state index is 13.6. The lowest BCUT2D eigenvalue weighted by Gasteiger charge is -2.11. The van der Waals surface area contributed by atoms with Crippen molar-refractivity contribution >= 4 is 10.9 Å². The lowest BCUT2D eigenvalue weighted by Crippen LogP contribution is -2.09. The third kappa shape index (κ3) is 3.77. The second kappa shape index (κ2) is 7.37. The minimum absolute atomic E-state index is 0.0257. The molecule has 3 aromatic heterocycles. The van der Waals surface area contributed by atoms with Gasteiger partial charge < -0.3 is 9.09 Å². The van der Waals surface area contributed by atoms with Crippen LogP contribution in [0.3, 0.4) is 0 Å². The second-order valence-corrected chi connectivity index (χ2v) is 6.82. The number of fused-ring (bicyclic) bond motifs is 1. The van der Waals surface area contributed by atoms with Gasteiger partial charge in [-0.25, -0.2) is 4.98 Å². The van der Waals surface area contributed by atoms with Gasteiger partial charge in [0.05, 0.1) is 23.7 Å². The zero-order valence-corrected chi connectivity index (χ0v) is 16.1. The van der Waals surface area contributed by atoms with Gasteiger partial charge in [-0.3, -0.25) is 0 Å². The molecule has 3 heterocycles. The molecule has 0 radical (unpaired) electrons. The van der Waals surface area contributed by atoms with Crippen LogP contribution in [-0.2, 0) is 18.9 Å². The molecule has 32 heavy (non-hydrogen) atoms. The van der Waals surface area contributed by atoms with E-state index in [1.165, 1.54) is 22.8 Å². The highest BCUT2D eigenvalue weighted by Gasteiger charge is 2.36. The first-order valence-corrected chi connectivity index (χ1v) is 8.96. The van der Waals surface area contributed by atoms with E-state index in [2.05, 4.69) is 15.1 Å². The minimum Gasteiger partial charge on any atom is -0.337 e. The Labute approximate surface area is 175 Å². The number of hydrogen-bond donors (Lipinski definition) is 0. The van der Waals surface area contributed by atoms with Gasteiger partial charge in [-0.15, -0.1) is 0 Å². The van der Waals surface area contributed by atoms with E-state index in [0.717, 1.165) is 18.2 Å². The van der Waals surface area contributed by atoms with E-state index in [0.29, 0.717) is 5.69 Å². The van der Waals surface area contributed by atoms with E-state index in [-0.39, 0.29) is 34.9 Å². The van der Waals surface area contributed by atoms with Gasteiger partial charge in [-0.05, 0) is 37.3 Å². The van der Waals surface area contributed by atoms with Crippen LogP contribution in [0.25, 0.3) is 22.5 Å². The molecule has 164 valence electrons. The topological polar surface area (TPSA) is 80.5 Å². The number of pyridine rings is 1. The van der Waals surface area contributed by atoms with Gasteiger partial charge in [0.2, 0.25) is 0 Å². The van der Waals surface area contributed by atoms with Crippen molar-refractivity contribution in [3.05, 3.63) is 64.7 Å². The van der Waals surface area contributed by atoms with Gasteiger partial charge in [-0.1, -0.05) is 11.2 Å². The van der Waals surface area contributed by atoms with E-state index in [9.17, 15) is 26.3 Å². The molecule has 1 aromatic carbocycles. The van der Waals surface area contributed by atoms with Crippen LogP contribution in [0.1, 0.15) is 28.3 Å². The SMILES string of the molecule is Cc1cc2c(C(F)(F)F)c(C#N)ccc2n1Cc1noc(-c2cccc(C(F)(F)F)n2)n1. The molecule has 0 spiro atoms. The number of nitrogens with zero attached hydrogens (tertiary/aromatic N) is 5. The number of halogens is 6. The second-order valence-electron chi connectivity index (χ2n) is 6.82. The number of hydrogen-bond acceptors (Lipinski definition) is 5. The molecule has 0 aliphatic carbocycles. The Kier molecular flexibility index (Phi) is 4.92. The van der Waals surface area contributed by atoms with Crippen molar-refractivity contribution in [1.82, 2.24) is 19.7 Å². The smallest absolute Gasteiger partial charge is 0.337 e. The van der Waals surface area contributed by atoms with Gasteiger partial charge >= 0.3 is 12.4 Å².